The lowest BCUT2D eigenvalue weighted by atomic mass is 10.1. The lowest BCUT2D eigenvalue weighted by Gasteiger charge is -2.19. The molecule has 3 aromatic rings. The van der Waals surface area contributed by atoms with E-state index in [1.807, 2.05) is 0 Å². The summed E-state index contributed by atoms with van der Waals surface area (Å²) in [7, 11) is 0. The zero-order valence-corrected chi connectivity index (χ0v) is 15.6. The number of rotatable bonds is 7. The molecule has 0 aliphatic rings. The number of carbonyl (C=O) groups excluding carboxylic acids is 2. The van der Waals surface area contributed by atoms with Crippen molar-refractivity contribution in [3.63, 3.8) is 0 Å². The zero-order valence-electron chi connectivity index (χ0n) is 15.6. The second kappa shape index (κ2) is 8.79. The third-order valence-corrected chi connectivity index (χ3v) is 4.18. The summed E-state index contributed by atoms with van der Waals surface area (Å²) in [5, 5.41) is 14.0. The van der Waals surface area contributed by atoms with Gasteiger partial charge in [0, 0.05) is 22.9 Å². The average molecular weight is 390 g/mol. The predicted octanol–water partition coefficient (Wildman–Crippen LogP) is 4.56. The molecule has 0 fully saturated rings. The maximum atomic E-state index is 13.0. The maximum Gasteiger partial charge on any atom is 0.310 e. The van der Waals surface area contributed by atoms with Gasteiger partial charge in [-0.15, -0.1) is 0 Å². The number of amides is 1. The Kier molecular flexibility index (Phi) is 5.99. The number of para-hydroxylation sites is 2. The Morgan fingerprint density at radius 1 is 0.966 bits per heavy atom. The molecule has 1 amide bonds. The van der Waals surface area contributed by atoms with Crippen LogP contribution in [0, 0.1) is 10.1 Å². The Bertz CT molecular complexity index is 1050. The van der Waals surface area contributed by atoms with Gasteiger partial charge in [-0.25, -0.2) is 0 Å². The highest BCUT2D eigenvalue weighted by molar-refractivity contribution is 5.98. The van der Waals surface area contributed by atoms with Crippen LogP contribution in [0.4, 0.5) is 11.4 Å². The first-order valence-corrected chi connectivity index (χ1v) is 8.82. The van der Waals surface area contributed by atoms with Crippen LogP contribution in [0.3, 0.4) is 0 Å². The molecule has 1 atom stereocenters. The van der Waals surface area contributed by atoms with Crippen LogP contribution in [-0.2, 0) is 4.79 Å². The molecule has 3 rings (SSSR count). The van der Waals surface area contributed by atoms with Gasteiger partial charge in [-0.1, -0.05) is 54.6 Å². The van der Waals surface area contributed by atoms with Gasteiger partial charge in [-0.05, 0) is 25.1 Å². The molecule has 7 nitrogen and oxygen atoms in total. The Labute approximate surface area is 167 Å². The molecule has 7 heteroatoms. The van der Waals surface area contributed by atoms with E-state index in [0.717, 1.165) is 0 Å². The topological polar surface area (TPSA) is 98.5 Å². The fourth-order valence-corrected chi connectivity index (χ4v) is 2.76. The smallest absolute Gasteiger partial charge is 0.310 e. The van der Waals surface area contributed by atoms with Crippen molar-refractivity contribution >= 4 is 23.1 Å². The van der Waals surface area contributed by atoms with Crippen molar-refractivity contribution in [1.82, 2.24) is 0 Å². The van der Waals surface area contributed by atoms with Crippen LogP contribution in [0.15, 0.2) is 78.9 Å². The van der Waals surface area contributed by atoms with Crippen molar-refractivity contribution in [3.05, 3.63) is 100 Å². The Hall–Kier alpha value is -4.00. The van der Waals surface area contributed by atoms with Crippen LogP contribution in [0.1, 0.15) is 28.9 Å². The number of carbonyl (C=O) groups is 2. The van der Waals surface area contributed by atoms with Gasteiger partial charge in [0.2, 0.25) is 6.10 Å². The summed E-state index contributed by atoms with van der Waals surface area (Å²) in [5.41, 5.74) is 1.18. The van der Waals surface area contributed by atoms with Gasteiger partial charge in [0.25, 0.3) is 5.91 Å². The van der Waals surface area contributed by atoms with Crippen LogP contribution in [0.5, 0.6) is 5.75 Å². The highest BCUT2D eigenvalue weighted by Gasteiger charge is 2.26. The fraction of sp³-hybridized carbons (Fsp3) is 0.0909. The summed E-state index contributed by atoms with van der Waals surface area (Å²) in [4.78, 5) is 35.3. The van der Waals surface area contributed by atoms with Gasteiger partial charge in [-0.2, -0.15) is 0 Å². The number of anilines is 1. The first kappa shape index (κ1) is 19.8. The second-order valence-electron chi connectivity index (χ2n) is 6.26. The molecule has 0 heterocycles. The quantitative estimate of drug-likeness (QED) is 0.362. The molecule has 0 radical (unpaired) electrons. The number of hydrogen-bond donors (Lipinski definition) is 1. The molecule has 0 saturated heterocycles. The third-order valence-electron chi connectivity index (χ3n) is 4.18. The minimum absolute atomic E-state index is 0.0148. The standard InChI is InChI=1S/C22H18N2O5/c1-15(25)17-10-7-11-18(14-17)23-22(26)21(16-8-3-2-4-9-16)29-20-13-6-5-12-19(20)24(27)28/h2-14,21H,1H3,(H,23,26)/t21-/m1/s1. The second-order valence-corrected chi connectivity index (χ2v) is 6.26. The monoisotopic (exact) mass is 390 g/mol. The molecule has 1 N–H and O–H groups in total. The highest BCUT2D eigenvalue weighted by Crippen LogP contribution is 2.31. The fourth-order valence-electron chi connectivity index (χ4n) is 2.76. The van der Waals surface area contributed by atoms with Crippen LogP contribution in [0.25, 0.3) is 0 Å². The van der Waals surface area contributed by atoms with E-state index in [0.29, 0.717) is 16.8 Å². The first-order chi connectivity index (χ1) is 14.0. The summed E-state index contributed by atoms with van der Waals surface area (Å²) in [6, 6.07) is 21.1. The molecular weight excluding hydrogens is 372 g/mol. The Morgan fingerprint density at radius 3 is 2.34 bits per heavy atom. The predicted molar refractivity (Wildman–Crippen MR) is 108 cm³/mol. The van der Waals surface area contributed by atoms with Crippen molar-refractivity contribution in [2.75, 3.05) is 5.32 Å². The van der Waals surface area contributed by atoms with E-state index in [1.165, 1.54) is 25.1 Å². The summed E-state index contributed by atoms with van der Waals surface area (Å²) >= 11 is 0. The lowest BCUT2D eigenvalue weighted by molar-refractivity contribution is -0.386. The number of ketones is 1. The Balaban J connectivity index is 1.92. The SMILES string of the molecule is CC(=O)c1cccc(NC(=O)[C@H](Oc2ccccc2[N+](=O)[O-])c2ccccc2)c1. The van der Waals surface area contributed by atoms with Crippen LogP contribution < -0.4 is 10.1 Å². The molecule has 0 aliphatic heterocycles. The molecule has 0 bridgehead atoms. The van der Waals surface area contributed by atoms with E-state index < -0.39 is 16.9 Å². The average Bonchev–Trinajstić information content (AvgIpc) is 2.73. The van der Waals surface area contributed by atoms with Crippen molar-refractivity contribution < 1.29 is 19.2 Å². The molecule has 0 spiro atoms. The summed E-state index contributed by atoms with van der Waals surface area (Å²) in [6.45, 7) is 1.44. The minimum atomic E-state index is -1.13. The molecule has 0 unspecified atom stereocenters. The number of benzene rings is 3. The normalized spacial score (nSPS) is 11.3. The number of nitrogens with one attached hydrogen (secondary N) is 1. The summed E-state index contributed by atoms with van der Waals surface area (Å²) in [6.07, 6.45) is -1.13. The number of hydrogen-bond acceptors (Lipinski definition) is 5. The molecule has 146 valence electrons. The van der Waals surface area contributed by atoms with Crippen molar-refractivity contribution in [1.29, 1.82) is 0 Å². The molecule has 0 saturated carbocycles. The number of Topliss-reactive ketones (excluding diaryl/α,β-unsaturated/α-hetero) is 1. The van der Waals surface area contributed by atoms with Crippen LogP contribution in [-0.4, -0.2) is 16.6 Å². The van der Waals surface area contributed by atoms with Gasteiger partial charge in [0.1, 0.15) is 0 Å². The van der Waals surface area contributed by atoms with E-state index in [2.05, 4.69) is 5.32 Å². The number of nitro groups is 1. The highest BCUT2D eigenvalue weighted by atomic mass is 16.6. The first-order valence-electron chi connectivity index (χ1n) is 8.82. The van der Waals surface area contributed by atoms with Gasteiger partial charge in [-0.3, -0.25) is 19.7 Å². The molecule has 3 aromatic carbocycles. The summed E-state index contributed by atoms with van der Waals surface area (Å²) in [5.74, 6) is -0.661. The third kappa shape index (κ3) is 4.84. The van der Waals surface area contributed by atoms with Crippen molar-refractivity contribution in [2.24, 2.45) is 0 Å². The van der Waals surface area contributed by atoms with Gasteiger partial charge >= 0.3 is 5.69 Å². The van der Waals surface area contributed by atoms with Gasteiger partial charge in [0.05, 0.1) is 4.92 Å². The number of nitrogens with zero attached hydrogens (tertiary/aromatic N) is 1. The summed E-state index contributed by atoms with van der Waals surface area (Å²) < 4.78 is 5.78. The van der Waals surface area contributed by atoms with E-state index in [-0.39, 0.29) is 17.2 Å². The van der Waals surface area contributed by atoms with Gasteiger partial charge < -0.3 is 10.1 Å². The van der Waals surface area contributed by atoms with Gasteiger partial charge in [0.15, 0.2) is 11.5 Å². The van der Waals surface area contributed by atoms with Crippen LogP contribution in [0.2, 0.25) is 0 Å². The van der Waals surface area contributed by atoms with E-state index >= 15 is 0 Å². The van der Waals surface area contributed by atoms with E-state index in [1.54, 1.807) is 60.7 Å². The molecule has 29 heavy (non-hydrogen) atoms. The van der Waals surface area contributed by atoms with Crippen molar-refractivity contribution in [2.45, 2.75) is 13.0 Å². The molecular formula is C22H18N2O5. The lowest BCUT2D eigenvalue weighted by Crippen LogP contribution is -2.26. The molecule has 0 aromatic heterocycles. The molecule has 0 aliphatic carbocycles. The minimum Gasteiger partial charge on any atom is -0.469 e. The zero-order chi connectivity index (χ0) is 20.8. The van der Waals surface area contributed by atoms with E-state index in [9.17, 15) is 19.7 Å². The maximum absolute atomic E-state index is 13.0. The van der Waals surface area contributed by atoms with E-state index in [4.69, 9.17) is 4.74 Å². The largest absolute Gasteiger partial charge is 0.469 e. The number of nitro benzene ring substituents is 1. The van der Waals surface area contributed by atoms with Crippen molar-refractivity contribution in [3.8, 4) is 5.75 Å². The Morgan fingerprint density at radius 2 is 1.66 bits per heavy atom. The van der Waals surface area contributed by atoms with Crippen LogP contribution >= 0.6 is 0 Å². The number of ether oxygens (including phenoxy) is 1.